The Balaban J connectivity index is 1.19. The van der Waals surface area contributed by atoms with E-state index in [0.29, 0.717) is 25.9 Å². The second kappa shape index (κ2) is 8.58. The van der Waals surface area contributed by atoms with E-state index < -0.39 is 6.09 Å². The van der Waals surface area contributed by atoms with Crippen LogP contribution in [0.4, 0.5) is 16.2 Å². The first-order valence-electron chi connectivity index (χ1n) is 12.4. The predicted molar refractivity (Wildman–Crippen MR) is 125 cm³/mol. The molecule has 0 bridgehead atoms. The Morgan fingerprint density at radius 1 is 0.906 bits per heavy atom. The fraction of sp³-hybridized carbons (Fsp3) is 0.680. The maximum atomic E-state index is 13.3. The summed E-state index contributed by atoms with van der Waals surface area (Å²) in [6, 6.07) is 9.98. The molecule has 0 radical (unpaired) electrons. The number of rotatable bonds is 3. The number of anilines is 2. The second-order valence-corrected chi connectivity index (χ2v) is 10.2. The fourth-order valence-corrected chi connectivity index (χ4v) is 6.45. The molecule has 1 N–H and O–H groups in total. The summed E-state index contributed by atoms with van der Waals surface area (Å²) in [6.45, 7) is 7.47. The molecule has 4 heterocycles. The highest BCUT2D eigenvalue weighted by Gasteiger charge is 2.49. The third-order valence-electron chi connectivity index (χ3n) is 8.57. The molecule has 0 aliphatic carbocycles. The van der Waals surface area contributed by atoms with E-state index >= 15 is 0 Å². The molecule has 0 unspecified atom stereocenters. The first-order chi connectivity index (χ1) is 15.5. The van der Waals surface area contributed by atoms with Crippen molar-refractivity contribution in [2.75, 3.05) is 49.1 Å². The maximum absolute atomic E-state index is 13.3. The minimum atomic E-state index is -0.878. The van der Waals surface area contributed by atoms with Gasteiger partial charge in [0.1, 0.15) is 0 Å². The molecule has 1 spiro atoms. The van der Waals surface area contributed by atoms with Gasteiger partial charge in [-0.25, -0.2) is 4.79 Å². The molecule has 5 rings (SSSR count). The highest BCUT2D eigenvalue weighted by Crippen LogP contribution is 2.43. The molecular formula is C25H36N4O3. The summed E-state index contributed by atoms with van der Waals surface area (Å²) < 4.78 is 0. The van der Waals surface area contributed by atoms with Crippen molar-refractivity contribution in [1.29, 1.82) is 0 Å². The molecule has 7 heteroatoms. The molecule has 4 aliphatic heterocycles. The minimum Gasteiger partial charge on any atom is -0.465 e. The lowest BCUT2D eigenvalue weighted by Crippen LogP contribution is -2.46. The summed E-state index contributed by atoms with van der Waals surface area (Å²) in [5, 5.41) is 9.20. The van der Waals surface area contributed by atoms with E-state index in [2.05, 4.69) is 41.0 Å². The zero-order valence-corrected chi connectivity index (χ0v) is 19.2. The van der Waals surface area contributed by atoms with E-state index in [0.717, 1.165) is 43.8 Å². The molecule has 174 valence electrons. The van der Waals surface area contributed by atoms with Gasteiger partial charge in [-0.05, 0) is 82.7 Å². The molecule has 7 nitrogen and oxygen atoms in total. The number of carbonyl (C=O) groups excluding carboxylic acids is 1. The average Bonchev–Trinajstić information content (AvgIpc) is 3.38. The van der Waals surface area contributed by atoms with Gasteiger partial charge >= 0.3 is 6.09 Å². The van der Waals surface area contributed by atoms with Crippen LogP contribution in [-0.4, -0.2) is 78.3 Å². The third kappa shape index (κ3) is 3.85. The Labute approximate surface area is 190 Å². The van der Waals surface area contributed by atoms with Gasteiger partial charge in [-0.15, -0.1) is 0 Å². The fourth-order valence-electron chi connectivity index (χ4n) is 6.45. The maximum Gasteiger partial charge on any atom is 0.407 e. The Morgan fingerprint density at radius 3 is 2.12 bits per heavy atom. The van der Waals surface area contributed by atoms with E-state index in [1.54, 1.807) is 0 Å². The van der Waals surface area contributed by atoms with Crippen molar-refractivity contribution in [3.63, 3.8) is 0 Å². The van der Waals surface area contributed by atoms with Gasteiger partial charge in [0, 0.05) is 56.2 Å². The van der Waals surface area contributed by atoms with Crippen LogP contribution < -0.4 is 9.80 Å². The molecule has 1 aromatic carbocycles. The van der Waals surface area contributed by atoms with Crippen molar-refractivity contribution in [2.45, 2.75) is 64.0 Å². The van der Waals surface area contributed by atoms with Gasteiger partial charge in [-0.2, -0.15) is 0 Å². The topological polar surface area (TPSA) is 67.3 Å². The minimum absolute atomic E-state index is 0.177. The van der Waals surface area contributed by atoms with Crippen LogP contribution in [0, 0.1) is 5.41 Å². The molecule has 4 fully saturated rings. The third-order valence-corrected chi connectivity index (χ3v) is 8.57. The van der Waals surface area contributed by atoms with Crippen molar-refractivity contribution >= 4 is 23.4 Å². The van der Waals surface area contributed by atoms with Crippen LogP contribution in [0.1, 0.15) is 51.9 Å². The van der Waals surface area contributed by atoms with Crippen molar-refractivity contribution in [3.05, 3.63) is 24.3 Å². The summed E-state index contributed by atoms with van der Waals surface area (Å²) in [5.41, 5.74) is 1.84. The Kier molecular flexibility index (Phi) is 5.78. The number of benzene rings is 1. The number of carboxylic acid groups (broad SMARTS) is 1. The van der Waals surface area contributed by atoms with Crippen molar-refractivity contribution in [3.8, 4) is 0 Å². The Hall–Kier alpha value is -2.28. The van der Waals surface area contributed by atoms with Crippen LogP contribution >= 0.6 is 0 Å². The summed E-state index contributed by atoms with van der Waals surface area (Å²) in [4.78, 5) is 33.0. The van der Waals surface area contributed by atoms with Crippen LogP contribution in [-0.2, 0) is 4.79 Å². The monoisotopic (exact) mass is 440 g/mol. The number of carbonyl (C=O) groups is 2. The summed E-state index contributed by atoms with van der Waals surface area (Å²) in [5.74, 6) is 0.177. The number of likely N-dealkylation sites (tertiary alicyclic amines) is 2. The Bertz CT molecular complexity index is 841. The van der Waals surface area contributed by atoms with E-state index in [-0.39, 0.29) is 11.3 Å². The molecule has 0 saturated carbocycles. The summed E-state index contributed by atoms with van der Waals surface area (Å²) in [6.07, 6.45) is 6.36. The molecule has 1 aromatic rings. The molecule has 1 atom stereocenters. The molecular weight excluding hydrogens is 404 g/mol. The molecule has 4 aliphatic rings. The predicted octanol–water partition coefficient (Wildman–Crippen LogP) is 3.64. The van der Waals surface area contributed by atoms with E-state index in [1.807, 2.05) is 4.90 Å². The molecule has 32 heavy (non-hydrogen) atoms. The summed E-state index contributed by atoms with van der Waals surface area (Å²) in [7, 11) is 0. The first kappa shape index (κ1) is 21.6. The smallest absolute Gasteiger partial charge is 0.407 e. The first-order valence-corrected chi connectivity index (χ1v) is 12.4. The molecule has 2 amide bonds. The van der Waals surface area contributed by atoms with Gasteiger partial charge in [-0.3, -0.25) is 9.69 Å². The van der Waals surface area contributed by atoms with Crippen LogP contribution in [0.25, 0.3) is 0 Å². The Morgan fingerprint density at radius 2 is 1.53 bits per heavy atom. The SMILES string of the molecule is C[C@H]1CCCN1C1CCN(c2ccc(N3CCC4(CCN(C(=O)O)CC4)C3=O)cc2)CC1. The van der Waals surface area contributed by atoms with Gasteiger partial charge < -0.3 is 19.8 Å². The second-order valence-electron chi connectivity index (χ2n) is 10.2. The zero-order chi connectivity index (χ0) is 22.3. The largest absolute Gasteiger partial charge is 0.465 e. The van der Waals surface area contributed by atoms with Gasteiger partial charge in [0.15, 0.2) is 0 Å². The van der Waals surface area contributed by atoms with Gasteiger partial charge in [0.2, 0.25) is 5.91 Å². The van der Waals surface area contributed by atoms with E-state index in [9.17, 15) is 14.7 Å². The summed E-state index contributed by atoms with van der Waals surface area (Å²) >= 11 is 0. The van der Waals surface area contributed by atoms with E-state index in [4.69, 9.17) is 0 Å². The standard InChI is InChI=1S/C25H36N4O3/c1-19-3-2-13-28(19)22-8-14-26(15-9-22)20-4-6-21(7-5-20)29-18-12-25(23(29)30)10-16-27(17-11-25)24(31)32/h4-7,19,22H,2-3,8-18H2,1H3,(H,31,32)/t19-/m0/s1. The highest BCUT2D eigenvalue weighted by molar-refractivity contribution is 6.00. The lowest BCUT2D eigenvalue weighted by Gasteiger charge is -2.39. The van der Waals surface area contributed by atoms with Crippen molar-refractivity contribution < 1.29 is 14.7 Å². The highest BCUT2D eigenvalue weighted by atomic mass is 16.4. The number of amides is 2. The van der Waals surface area contributed by atoms with Crippen LogP contribution in [0.5, 0.6) is 0 Å². The number of nitrogens with zero attached hydrogens (tertiary/aromatic N) is 4. The molecule has 4 saturated heterocycles. The van der Waals surface area contributed by atoms with Crippen LogP contribution in [0.3, 0.4) is 0 Å². The van der Waals surface area contributed by atoms with Crippen LogP contribution in [0.15, 0.2) is 24.3 Å². The molecule has 0 aromatic heterocycles. The number of hydrogen-bond acceptors (Lipinski definition) is 4. The number of piperidine rings is 2. The van der Waals surface area contributed by atoms with Gasteiger partial charge in [0.25, 0.3) is 0 Å². The zero-order valence-electron chi connectivity index (χ0n) is 19.2. The average molecular weight is 441 g/mol. The lowest BCUT2D eigenvalue weighted by molar-refractivity contribution is -0.127. The van der Waals surface area contributed by atoms with Crippen molar-refractivity contribution in [2.24, 2.45) is 5.41 Å². The van der Waals surface area contributed by atoms with Crippen molar-refractivity contribution in [1.82, 2.24) is 9.80 Å². The quantitative estimate of drug-likeness (QED) is 0.777. The lowest BCUT2D eigenvalue weighted by atomic mass is 9.77. The van der Waals surface area contributed by atoms with Crippen LogP contribution in [0.2, 0.25) is 0 Å². The number of hydrogen-bond donors (Lipinski definition) is 1. The van der Waals surface area contributed by atoms with Gasteiger partial charge in [0.05, 0.1) is 5.41 Å². The van der Waals surface area contributed by atoms with E-state index in [1.165, 1.54) is 42.8 Å². The normalized spacial score (nSPS) is 27.0. The van der Waals surface area contributed by atoms with Gasteiger partial charge in [-0.1, -0.05) is 0 Å².